The zero-order valence-electron chi connectivity index (χ0n) is 15.0. The monoisotopic (exact) mass is 356 g/mol. The van der Waals surface area contributed by atoms with Crippen LogP contribution in [0.5, 0.6) is 0 Å². The van der Waals surface area contributed by atoms with Gasteiger partial charge in [-0.15, -0.1) is 0 Å². The Morgan fingerprint density at radius 2 is 2.00 bits per heavy atom. The Morgan fingerprint density at radius 3 is 2.58 bits per heavy atom. The second-order valence-corrected chi connectivity index (χ2v) is 12.4. The molecule has 0 amide bonds. The first-order valence-corrected chi connectivity index (χ1v) is 10.8. The summed E-state index contributed by atoms with van der Waals surface area (Å²) in [5, 5.41) is 0.0419. The van der Waals surface area contributed by atoms with Gasteiger partial charge in [0.05, 0.1) is 6.61 Å². The maximum Gasteiger partial charge on any atom is 0.330 e. The molecule has 0 fully saturated rings. The van der Waals surface area contributed by atoms with Crippen LogP contribution in [-0.4, -0.2) is 30.6 Å². The van der Waals surface area contributed by atoms with Crippen molar-refractivity contribution in [3.8, 4) is 0 Å². The molecular formula is C16H25FN2O4Si. The number of aromatic amines is 1. The lowest BCUT2D eigenvalue weighted by atomic mass is 10.2. The van der Waals surface area contributed by atoms with E-state index in [1.54, 1.807) is 6.92 Å². The van der Waals surface area contributed by atoms with Crippen molar-refractivity contribution in [1.82, 2.24) is 9.55 Å². The molecule has 8 heteroatoms. The minimum atomic E-state index is -1.97. The first kappa shape index (κ1) is 18.8. The zero-order valence-corrected chi connectivity index (χ0v) is 16.0. The fourth-order valence-electron chi connectivity index (χ4n) is 2.08. The minimum absolute atomic E-state index is 0.0419. The summed E-state index contributed by atoms with van der Waals surface area (Å²) in [6, 6.07) is 0. The van der Waals surface area contributed by atoms with Gasteiger partial charge in [-0.3, -0.25) is 14.3 Å². The highest BCUT2D eigenvalue weighted by Gasteiger charge is 2.39. The summed E-state index contributed by atoms with van der Waals surface area (Å²) in [7, 11) is -1.97. The molecule has 0 saturated carbocycles. The highest BCUT2D eigenvalue weighted by molar-refractivity contribution is 6.74. The zero-order chi connectivity index (χ0) is 18.3. The van der Waals surface area contributed by atoms with Gasteiger partial charge in [0.25, 0.3) is 5.56 Å². The summed E-state index contributed by atoms with van der Waals surface area (Å²) in [6.45, 7) is 12.4. The Kier molecular flexibility index (Phi) is 5.03. The second kappa shape index (κ2) is 6.42. The van der Waals surface area contributed by atoms with Gasteiger partial charge in [0, 0.05) is 11.8 Å². The Morgan fingerprint density at radius 1 is 1.38 bits per heavy atom. The molecule has 24 heavy (non-hydrogen) atoms. The Bertz CT molecular complexity index is 761. The van der Waals surface area contributed by atoms with E-state index in [2.05, 4.69) is 38.8 Å². The van der Waals surface area contributed by atoms with E-state index in [4.69, 9.17) is 9.16 Å². The highest BCUT2D eigenvalue weighted by atomic mass is 28.4. The van der Waals surface area contributed by atoms with Crippen LogP contribution in [0.15, 0.2) is 27.7 Å². The predicted octanol–water partition coefficient (Wildman–Crippen LogP) is 2.62. The number of ether oxygens (including phenoxy) is 1. The maximum atomic E-state index is 14.2. The number of nitrogens with zero attached hydrogens (tertiary/aromatic N) is 1. The van der Waals surface area contributed by atoms with Crippen molar-refractivity contribution in [1.29, 1.82) is 0 Å². The summed E-state index contributed by atoms with van der Waals surface area (Å²) in [6.07, 6.45) is 0.894. The third-order valence-electron chi connectivity index (χ3n) is 4.70. The van der Waals surface area contributed by atoms with Crippen LogP contribution in [0, 0.1) is 6.92 Å². The van der Waals surface area contributed by atoms with Gasteiger partial charge >= 0.3 is 5.69 Å². The van der Waals surface area contributed by atoms with Crippen molar-refractivity contribution >= 4 is 8.32 Å². The average molecular weight is 356 g/mol. The van der Waals surface area contributed by atoms with Crippen LogP contribution in [0.4, 0.5) is 4.39 Å². The SMILES string of the molecule is Cc1cn(C2O[C@@H](CO[Si](C)(C)C(C)(C)C)C=C2F)c(=O)[nH]c1=O. The van der Waals surface area contributed by atoms with Crippen LogP contribution in [0.3, 0.4) is 0 Å². The third-order valence-corrected chi connectivity index (χ3v) is 9.20. The topological polar surface area (TPSA) is 73.3 Å². The second-order valence-electron chi connectivity index (χ2n) is 7.63. The van der Waals surface area contributed by atoms with Crippen LogP contribution in [-0.2, 0) is 9.16 Å². The van der Waals surface area contributed by atoms with Crippen molar-refractivity contribution in [3.05, 3.63) is 44.5 Å². The quantitative estimate of drug-likeness (QED) is 0.842. The van der Waals surface area contributed by atoms with Gasteiger partial charge in [0.1, 0.15) is 11.9 Å². The van der Waals surface area contributed by atoms with Crippen molar-refractivity contribution in [2.45, 2.75) is 58.2 Å². The molecule has 0 radical (unpaired) electrons. The molecule has 2 heterocycles. The molecular weight excluding hydrogens is 331 g/mol. The molecule has 1 N–H and O–H groups in total. The molecule has 6 nitrogen and oxygen atoms in total. The van der Waals surface area contributed by atoms with Crippen molar-refractivity contribution in [2.75, 3.05) is 6.61 Å². The number of hydrogen-bond acceptors (Lipinski definition) is 4. The number of aryl methyl sites for hydroxylation is 1. The first-order valence-electron chi connectivity index (χ1n) is 7.91. The van der Waals surface area contributed by atoms with E-state index in [-0.39, 0.29) is 11.6 Å². The lowest BCUT2D eigenvalue weighted by Gasteiger charge is -2.36. The van der Waals surface area contributed by atoms with Gasteiger partial charge in [-0.05, 0) is 31.1 Å². The molecule has 0 aromatic carbocycles. The third kappa shape index (κ3) is 3.76. The van der Waals surface area contributed by atoms with Crippen molar-refractivity contribution in [2.24, 2.45) is 0 Å². The summed E-state index contributed by atoms with van der Waals surface area (Å²) in [5.41, 5.74) is -0.881. The summed E-state index contributed by atoms with van der Waals surface area (Å²) < 4.78 is 26.9. The summed E-state index contributed by atoms with van der Waals surface area (Å²) >= 11 is 0. The lowest BCUT2D eigenvalue weighted by Crippen LogP contribution is -2.42. The number of halogens is 1. The van der Waals surface area contributed by atoms with E-state index in [0.717, 1.165) is 4.57 Å². The van der Waals surface area contributed by atoms with E-state index in [1.165, 1.54) is 12.3 Å². The number of hydrogen-bond donors (Lipinski definition) is 1. The largest absolute Gasteiger partial charge is 0.414 e. The van der Waals surface area contributed by atoms with Crippen molar-refractivity contribution < 1.29 is 13.6 Å². The molecule has 2 rings (SSSR count). The molecule has 0 bridgehead atoms. The van der Waals surface area contributed by atoms with Crippen LogP contribution in [0.1, 0.15) is 32.6 Å². The van der Waals surface area contributed by atoms with Gasteiger partial charge in [-0.1, -0.05) is 20.8 Å². The molecule has 1 aromatic heterocycles. The fourth-order valence-corrected chi connectivity index (χ4v) is 3.10. The molecule has 0 aliphatic carbocycles. The van der Waals surface area contributed by atoms with E-state index in [1.807, 2.05) is 0 Å². The van der Waals surface area contributed by atoms with Gasteiger partial charge in [-0.25, -0.2) is 9.18 Å². The molecule has 0 spiro atoms. The molecule has 0 saturated heterocycles. The average Bonchev–Trinajstić information content (AvgIpc) is 2.80. The van der Waals surface area contributed by atoms with Gasteiger partial charge in [0.2, 0.25) is 0 Å². The van der Waals surface area contributed by atoms with E-state index >= 15 is 0 Å². The predicted molar refractivity (Wildman–Crippen MR) is 92.3 cm³/mol. The van der Waals surface area contributed by atoms with E-state index < -0.39 is 37.7 Å². The smallest absolute Gasteiger partial charge is 0.330 e. The highest BCUT2D eigenvalue weighted by Crippen LogP contribution is 2.37. The van der Waals surface area contributed by atoms with Gasteiger partial charge in [0.15, 0.2) is 14.5 Å². The van der Waals surface area contributed by atoms with Gasteiger partial charge < -0.3 is 9.16 Å². The number of rotatable bonds is 4. The number of aromatic nitrogens is 2. The maximum absolute atomic E-state index is 14.2. The lowest BCUT2D eigenvalue weighted by molar-refractivity contribution is -0.0193. The molecule has 2 atom stereocenters. The van der Waals surface area contributed by atoms with Crippen molar-refractivity contribution in [3.63, 3.8) is 0 Å². The molecule has 1 aliphatic heterocycles. The number of nitrogens with one attached hydrogen (secondary N) is 1. The summed E-state index contributed by atoms with van der Waals surface area (Å²) in [4.78, 5) is 25.5. The van der Waals surface area contributed by atoms with E-state index in [0.29, 0.717) is 5.56 Å². The van der Waals surface area contributed by atoms with Crippen LogP contribution in [0.25, 0.3) is 0 Å². The minimum Gasteiger partial charge on any atom is -0.414 e. The Balaban J connectivity index is 2.13. The van der Waals surface area contributed by atoms with Gasteiger partial charge in [-0.2, -0.15) is 0 Å². The Labute approximate surface area is 141 Å². The standard InChI is InChI=1S/C16H25FN2O4Si/c1-10-8-19(15(21)18-13(10)20)14-12(17)7-11(23-14)9-22-24(5,6)16(2,3)4/h7-8,11,14H,9H2,1-6H3,(H,18,20,21)/t11-,14?/m1/s1. The summed E-state index contributed by atoms with van der Waals surface area (Å²) in [5.74, 6) is -0.563. The normalized spacial score (nSPS) is 21.9. The number of H-pyrrole nitrogens is 1. The van der Waals surface area contributed by atoms with E-state index in [9.17, 15) is 14.0 Å². The molecule has 1 aromatic rings. The van der Waals surface area contributed by atoms with Crippen LogP contribution >= 0.6 is 0 Å². The van der Waals surface area contributed by atoms with Crippen LogP contribution < -0.4 is 11.2 Å². The molecule has 134 valence electrons. The molecule has 1 unspecified atom stereocenters. The fraction of sp³-hybridized carbons (Fsp3) is 0.625. The first-order chi connectivity index (χ1) is 10.9. The van der Waals surface area contributed by atoms with Crippen LogP contribution in [0.2, 0.25) is 18.1 Å². The molecule has 1 aliphatic rings. The Hall–Kier alpha value is -1.51.